The van der Waals surface area contributed by atoms with Gasteiger partial charge in [-0.2, -0.15) is 0 Å². The smallest absolute Gasteiger partial charge is 0.00388 e. The molecule has 0 aromatic carbocycles. The van der Waals surface area contributed by atoms with Gasteiger partial charge in [0.25, 0.3) is 0 Å². The van der Waals surface area contributed by atoms with Crippen LogP contribution in [-0.4, -0.2) is 6.04 Å². The highest BCUT2D eigenvalue weighted by molar-refractivity contribution is 4.65. The maximum absolute atomic E-state index is 6.02. The molecule has 13 heavy (non-hydrogen) atoms. The zero-order chi connectivity index (χ0) is 9.52. The van der Waals surface area contributed by atoms with E-state index in [1.165, 1.54) is 57.8 Å². The van der Waals surface area contributed by atoms with Crippen molar-refractivity contribution in [1.29, 1.82) is 0 Å². The molecule has 1 aliphatic carbocycles. The van der Waals surface area contributed by atoms with Gasteiger partial charge in [0.05, 0.1) is 0 Å². The molecule has 0 saturated heterocycles. The first kappa shape index (κ1) is 11.0. The molecule has 0 aromatic heterocycles. The molecule has 1 rings (SSSR count). The summed E-state index contributed by atoms with van der Waals surface area (Å²) in [6.07, 6.45) is 12.3. The van der Waals surface area contributed by atoms with Crippen molar-refractivity contribution >= 4 is 0 Å². The van der Waals surface area contributed by atoms with E-state index in [0.717, 1.165) is 5.92 Å². The molecule has 1 fully saturated rings. The van der Waals surface area contributed by atoms with Crippen LogP contribution in [0.2, 0.25) is 0 Å². The van der Waals surface area contributed by atoms with Crippen LogP contribution in [0.4, 0.5) is 0 Å². The van der Waals surface area contributed by atoms with Gasteiger partial charge in [0.15, 0.2) is 0 Å². The molecule has 0 spiro atoms. The fourth-order valence-corrected chi connectivity index (χ4v) is 2.27. The largest absolute Gasteiger partial charge is 0.328 e. The van der Waals surface area contributed by atoms with Gasteiger partial charge in [0.2, 0.25) is 0 Å². The molecular weight excluding hydrogens is 158 g/mol. The number of hydrogen-bond donors (Lipinski definition) is 1. The molecule has 2 N–H and O–H groups in total. The Balaban J connectivity index is 2.23. The summed E-state index contributed by atoms with van der Waals surface area (Å²) in [6, 6.07) is 0.491. The Hall–Kier alpha value is -0.0400. The summed E-state index contributed by atoms with van der Waals surface area (Å²) in [6.45, 7) is 2.39. The summed E-state index contributed by atoms with van der Waals surface area (Å²) in [5.74, 6) is 0.935. The van der Waals surface area contributed by atoms with E-state index >= 15 is 0 Å². The van der Waals surface area contributed by atoms with Crippen molar-refractivity contribution in [2.75, 3.05) is 0 Å². The van der Waals surface area contributed by atoms with Gasteiger partial charge in [0.1, 0.15) is 0 Å². The SMILES string of the molecule is CC1CCCCCCC(N)CCC1. The van der Waals surface area contributed by atoms with Gasteiger partial charge in [-0.25, -0.2) is 0 Å². The van der Waals surface area contributed by atoms with Crippen molar-refractivity contribution in [2.45, 2.75) is 70.8 Å². The molecule has 0 heterocycles. The van der Waals surface area contributed by atoms with Gasteiger partial charge in [-0.3, -0.25) is 0 Å². The van der Waals surface area contributed by atoms with Crippen LogP contribution in [0, 0.1) is 5.92 Å². The van der Waals surface area contributed by atoms with Crippen molar-refractivity contribution in [3.05, 3.63) is 0 Å². The third-order valence-electron chi connectivity index (χ3n) is 3.29. The standard InChI is InChI=1S/C12H25N/c1-11-7-4-2-3-5-9-12(13)10-6-8-11/h11-12H,2-10,13H2,1H3. The Morgan fingerprint density at radius 2 is 1.31 bits per heavy atom. The highest BCUT2D eigenvalue weighted by atomic mass is 14.6. The van der Waals surface area contributed by atoms with E-state index in [0.29, 0.717) is 6.04 Å². The lowest BCUT2D eigenvalue weighted by molar-refractivity contribution is 0.439. The van der Waals surface area contributed by atoms with Gasteiger partial charge < -0.3 is 5.73 Å². The lowest BCUT2D eigenvalue weighted by Gasteiger charge is -2.12. The first-order valence-electron chi connectivity index (χ1n) is 6.04. The second-order valence-electron chi connectivity index (χ2n) is 4.79. The van der Waals surface area contributed by atoms with Crippen molar-refractivity contribution in [1.82, 2.24) is 0 Å². The summed E-state index contributed by atoms with van der Waals surface area (Å²) >= 11 is 0. The quantitative estimate of drug-likeness (QED) is 0.611. The summed E-state index contributed by atoms with van der Waals surface area (Å²) < 4.78 is 0. The van der Waals surface area contributed by atoms with Crippen LogP contribution in [0.1, 0.15) is 64.7 Å². The minimum atomic E-state index is 0.491. The van der Waals surface area contributed by atoms with Crippen molar-refractivity contribution in [3.63, 3.8) is 0 Å². The topological polar surface area (TPSA) is 26.0 Å². The molecule has 0 bridgehead atoms. The average Bonchev–Trinajstić information content (AvgIpc) is 2.13. The lowest BCUT2D eigenvalue weighted by Crippen LogP contribution is -2.19. The fourth-order valence-electron chi connectivity index (χ4n) is 2.27. The molecule has 2 unspecified atom stereocenters. The van der Waals surface area contributed by atoms with Crippen LogP contribution in [0.5, 0.6) is 0 Å². The van der Waals surface area contributed by atoms with E-state index in [4.69, 9.17) is 5.73 Å². The fraction of sp³-hybridized carbons (Fsp3) is 1.00. The molecule has 78 valence electrons. The molecular formula is C12H25N. The maximum atomic E-state index is 6.02. The Kier molecular flexibility index (Phi) is 5.45. The highest BCUT2D eigenvalue weighted by Gasteiger charge is 2.07. The van der Waals surface area contributed by atoms with Gasteiger partial charge in [0, 0.05) is 6.04 Å². The lowest BCUT2D eigenvalue weighted by atomic mass is 9.97. The first-order valence-corrected chi connectivity index (χ1v) is 6.04. The molecule has 1 nitrogen and oxygen atoms in total. The van der Waals surface area contributed by atoms with Crippen molar-refractivity contribution in [3.8, 4) is 0 Å². The highest BCUT2D eigenvalue weighted by Crippen LogP contribution is 2.19. The second kappa shape index (κ2) is 6.42. The zero-order valence-corrected chi connectivity index (χ0v) is 9.10. The van der Waals surface area contributed by atoms with Crippen LogP contribution < -0.4 is 5.73 Å². The van der Waals surface area contributed by atoms with Crippen LogP contribution in [0.3, 0.4) is 0 Å². The van der Waals surface area contributed by atoms with E-state index < -0.39 is 0 Å². The molecule has 0 aromatic rings. The summed E-state index contributed by atoms with van der Waals surface area (Å²) in [7, 11) is 0. The van der Waals surface area contributed by atoms with Crippen molar-refractivity contribution in [2.24, 2.45) is 11.7 Å². The molecule has 0 aliphatic heterocycles. The second-order valence-corrected chi connectivity index (χ2v) is 4.79. The van der Waals surface area contributed by atoms with E-state index in [9.17, 15) is 0 Å². The van der Waals surface area contributed by atoms with Crippen LogP contribution in [-0.2, 0) is 0 Å². The first-order chi connectivity index (χ1) is 6.29. The van der Waals surface area contributed by atoms with Gasteiger partial charge >= 0.3 is 0 Å². The third kappa shape index (κ3) is 5.30. The number of hydrogen-bond acceptors (Lipinski definition) is 1. The van der Waals surface area contributed by atoms with Crippen molar-refractivity contribution < 1.29 is 0 Å². The number of rotatable bonds is 0. The molecule has 1 heteroatoms. The number of nitrogens with two attached hydrogens (primary N) is 1. The average molecular weight is 183 g/mol. The Labute approximate surface area is 83.1 Å². The zero-order valence-electron chi connectivity index (χ0n) is 9.10. The molecule has 1 saturated carbocycles. The third-order valence-corrected chi connectivity index (χ3v) is 3.29. The maximum Gasteiger partial charge on any atom is 0.00388 e. The monoisotopic (exact) mass is 183 g/mol. The van der Waals surface area contributed by atoms with Crippen LogP contribution in [0.25, 0.3) is 0 Å². The summed E-state index contributed by atoms with van der Waals surface area (Å²) in [5.41, 5.74) is 6.02. The molecule has 0 amide bonds. The van der Waals surface area contributed by atoms with E-state index in [2.05, 4.69) is 6.92 Å². The normalized spacial score (nSPS) is 33.7. The van der Waals surface area contributed by atoms with Gasteiger partial charge in [-0.05, 0) is 18.8 Å². The van der Waals surface area contributed by atoms with E-state index in [-0.39, 0.29) is 0 Å². The Morgan fingerprint density at radius 1 is 0.769 bits per heavy atom. The van der Waals surface area contributed by atoms with Crippen LogP contribution >= 0.6 is 0 Å². The Bertz CT molecular complexity index is 108. The van der Waals surface area contributed by atoms with E-state index in [1.807, 2.05) is 0 Å². The van der Waals surface area contributed by atoms with Gasteiger partial charge in [-0.1, -0.05) is 51.9 Å². The predicted octanol–water partition coefficient (Wildman–Crippen LogP) is 3.47. The van der Waals surface area contributed by atoms with Gasteiger partial charge in [-0.15, -0.1) is 0 Å². The predicted molar refractivity (Wildman–Crippen MR) is 58.7 cm³/mol. The minimum absolute atomic E-state index is 0.491. The van der Waals surface area contributed by atoms with E-state index in [1.54, 1.807) is 0 Å². The molecule has 0 radical (unpaired) electrons. The van der Waals surface area contributed by atoms with Crippen LogP contribution in [0.15, 0.2) is 0 Å². The Morgan fingerprint density at radius 3 is 2.08 bits per heavy atom. The minimum Gasteiger partial charge on any atom is -0.328 e. The molecule has 2 atom stereocenters. The summed E-state index contributed by atoms with van der Waals surface area (Å²) in [5, 5.41) is 0. The summed E-state index contributed by atoms with van der Waals surface area (Å²) in [4.78, 5) is 0. The molecule has 1 aliphatic rings.